The molecule has 1 aliphatic rings. The largest absolute Gasteiger partial charge is 0.373 e. The van der Waals surface area contributed by atoms with Gasteiger partial charge in [0.25, 0.3) is 0 Å². The molecule has 0 saturated carbocycles. The van der Waals surface area contributed by atoms with Gasteiger partial charge >= 0.3 is 0 Å². The smallest absolute Gasteiger partial charge is 0.134 e. The van der Waals surface area contributed by atoms with Crippen LogP contribution in [0.5, 0.6) is 0 Å². The third-order valence-electron chi connectivity index (χ3n) is 4.94. The van der Waals surface area contributed by atoms with Gasteiger partial charge in [-0.05, 0) is 25.0 Å². The monoisotopic (exact) mass is 364 g/mol. The third kappa shape index (κ3) is 3.90. The van der Waals surface area contributed by atoms with E-state index in [9.17, 15) is 0 Å². The Morgan fingerprint density at radius 3 is 3.11 bits per heavy atom. The first-order chi connectivity index (χ1) is 13.3. The summed E-state index contributed by atoms with van der Waals surface area (Å²) in [5, 5.41) is 14.0. The topological polar surface area (TPSA) is 94.7 Å². The number of pyridine rings is 1. The van der Waals surface area contributed by atoms with Crippen LogP contribution in [0.25, 0.3) is 11.3 Å². The van der Waals surface area contributed by atoms with Crippen molar-refractivity contribution in [3.8, 4) is 11.3 Å². The van der Waals surface area contributed by atoms with Gasteiger partial charge in [0.05, 0.1) is 11.9 Å². The zero-order chi connectivity index (χ0) is 18.5. The molecule has 0 spiro atoms. The maximum absolute atomic E-state index is 4.46. The summed E-state index contributed by atoms with van der Waals surface area (Å²) in [6.45, 7) is 2.69. The Balaban J connectivity index is 1.39. The van der Waals surface area contributed by atoms with Crippen LogP contribution < -0.4 is 15.5 Å². The van der Waals surface area contributed by atoms with Crippen molar-refractivity contribution in [2.24, 2.45) is 0 Å². The number of anilines is 2. The number of aromatic amines is 1. The zero-order valence-corrected chi connectivity index (χ0v) is 15.4. The molecule has 1 aliphatic heterocycles. The van der Waals surface area contributed by atoms with Gasteiger partial charge in [0.15, 0.2) is 0 Å². The molecule has 4 heterocycles. The fourth-order valence-electron chi connectivity index (χ4n) is 3.57. The summed E-state index contributed by atoms with van der Waals surface area (Å²) in [4.78, 5) is 15.2. The maximum atomic E-state index is 4.46. The Hall–Kier alpha value is -3.00. The summed E-state index contributed by atoms with van der Waals surface area (Å²) in [5.74, 6) is 1.83. The average Bonchev–Trinajstić information content (AvgIpc) is 3.38. The van der Waals surface area contributed by atoms with Crippen molar-refractivity contribution in [3.05, 3.63) is 48.7 Å². The number of H-pyrrole nitrogens is 1. The van der Waals surface area contributed by atoms with Crippen LogP contribution in [0.3, 0.4) is 0 Å². The minimum atomic E-state index is 0.429. The van der Waals surface area contributed by atoms with Gasteiger partial charge in [0.1, 0.15) is 18.0 Å². The molecule has 1 atom stereocenters. The summed E-state index contributed by atoms with van der Waals surface area (Å²) in [6, 6.07) is 6.41. The number of nitrogens with zero attached hydrogens (tertiary/aromatic N) is 5. The standard InChI is InChI=1S/C19H24N8/c1-20-17-8-18(24-13-23-17)27-7-3-5-16(27)12-22-10-15-11-25-26-19(15)14-4-2-6-21-9-14/h2,4,6,8-9,11,13,16,22H,3,5,7,10,12H2,1H3,(H,25,26)(H,20,23,24)/t16-/m1/s1. The van der Waals surface area contributed by atoms with E-state index in [1.165, 1.54) is 6.42 Å². The second-order valence-electron chi connectivity index (χ2n) is 6.64. The lowest BCUT2D eigenvalue weighted by atomic mass is 10.1. The van der Waals surface area contributed by atoms with Gasteiger partial charge in [-0.1, -0.05) is 0 Å². The summed E-state index contributed by atoms with van der Waals surface area (Å²) in [5.41, 5.74) is 3.22. The fourth-order valence-corrected chi connectivity index (χ4v) is 3.57. The van der Waals surface area contributed by atoms with Crippen LogP contribution in [0.15, 0.2) is 43.1 Å². The number of hydrogen-bond donors (Lipinski definition) is 3. The Labute approximate surface area is 158 Å². The highest BCUT2D eigenvalue weighted by molar-refractivity contribution is 5.61. The van der Waals surface area contributed by atoms with E-state index in [1.807, 2.05) is 37.6 Å². The van der Waals surface area contributed by atoms with E-state index in [2.05, 4.69) is 40.7 Å². The summed E-state index contributed by atoms with van der Waals surface area (Å²) < 4.78 is 0. The van der Waals surface area contributed by atoms with E-state index < -0.39 is 0 Å². The lowest BCUT2D eigenvalue weighted by Gasteiger charge is -2.26. The van der Waals surface area contributed by atoms with Crippen molar-refractivity contribution in [1.29, 1.82) is 0 Å². The predicted molar refractivity (Wildman–Crippen MR) is 105 cm³/mol. The molecule has 1 saturated heterocycles. The molecule has 4 rings (SSSR count). The van der Waals surface area contributed by atoms with Gasteiger partial charge < -0.3 is 15.5 Å². The summed E-state index contributed by atoms with van der Waals surface area (Å²) in [6.07, 6.45) is 9.47. The van der Waals surface area contributed by atoms with E-state index in [-0.39, 0.29) is 0 Å². The van der Waals surface area contributed by atoms with E-state index in [0.29, 0.717) is 6.04 Å². The predicted octanol–water partition coefficient (Wildman–Crippen LogP) is 2.06. The van der Waals surface area contributed by atoms with Gasteiger partial charge in [-0.15, -0.1) is 0 Å². The highest BCUT2D eigenvalue weighted by atomic mass is 15.2. The lowest BCUT2D eigenvalue weighted by molar-refractivity contribution is 0.571. The van der Waals surface area contributed by atoms with Gasteiger partial charge in [0.2, 0.25) is 0 Å². The number of nitrogens with one attached hydrogen (secondary N) is 3. The van der Waals surface area contributed by atoms with E-state index in [0.717, 1.165) is 54.5 Å². The molecular formula is C19H24N8. The van der Waals surface area contributed by atoms with Crippen LogP contribution in [0, 0.1) is 0 Å². The highest BCUT2D eigenvalue weighted by Gasteiger charge is 2.25. The second-order valence-corrected chi connectivity index (χ2v) is 6.64. The molecule has 0 unspecified atom stereocenters. The first-order valence-electron chi connectivity index (χ1n) is 9.25. The molecule has 140 valence electrons. The Kier molecular flexibility index (Phi) is 5.24. The van der Waals surface area contributed by atoms with Crippen LogP contribution in [0.4, 0.5) is 11.6 Å². The van der Waals surface area contributed by atoms with Crippen LogP contribution in [0.2, 0.25) is 0 Å². The average molecular weight is 364 g/mol. The number of rotatable bonds is 7. The highest BCUT2D eigenvalue weighted by Crippen LogP contribution is 2.25. The van der Waals surface area contributed by atoms with Crippen molar-refractivity contribution in [2.75, 3.05) is 30.4 Å². The molecule has 1 fully saturated rings. The molecular weight excluding hydrogens is 340 g/mol. The molecule has 3 N–H and O–H groups in total. The van der Waals surface area contributed by atoms with Crippen molar-refractivity contribution < 1.29 is 0 Å². The lowest BCUT2D eigenvalue weighted by Crippen LogP contribution is -2.38. The Morgan fingerprint density at radius 2 is 2.26 bits per heavy atom. The van der Waals surface area contributed by atoms with Crippen molar-refractivity contribution in [1.82, 2.24) is 30.5 Å². The van der Waals surface area contributed by atoms with Crippen LogP contribution >= 0.6 is 0 Å². The fraction of sp³-hybridized carbons (Fsp3) is 0.368. The van der Waals surface area contributed by atoms with Gasteiger partial charge in [0, 0.05) is 62.3 Å². The minimum Gasteiger partial charge on any atom is -0.373 e. The van der Waals surface area contributed by atoms with Crippen molar-refractivity contribution >= 4 is 11.6 Å². The molecule has 0 amide bonds. The third-order valence-corrected chi connectivity index (χ3v) is 4.94. The first-order valence-corrected chi connectivity index (χ1v) is 9.25. The molecule has 3 aromatic heterocycles. The van der Waals surface area contributed by atoms with Gasteiger partial charge in [-0.25, -0.2) is 9.97 Å². The molecule has 8 heteroatoms. The van der Waals surface area contributed by atoms with Gasteiger partial charge in [-0.2, -0.15) is 5.10 Å². The van der Waals surface area contributed by atoms with Crippen LogP contribution in [-0.2, 0) is 6.54 Å². The zero-order valence-electron chi connectivity index (χ0n) is 15.4. The SMILES string of the molecule is CNc1cc(N2CCC[C@@H]2CNCc2cn[nH]c2-c2cccnc2)ncn1. The van der Waals surface area contributed by atoms with E-state index in [1.54, 1.807) is 12.5 Å². The maximum Gasteiger partial charge on any atom is 0.134 e. The van der Waals surface area contributed by atoms with E-state index >= 15 is 0 Å². The van der Waals surface area contributed by atoms with Crippen molar-refractivity contribution in [2.45, 2.75) is 25.4 Å². The summed E-state index contributed by atoms with van der Waals surface area (Å²) >= 11 is 0. The number of aromatic nitrogens is 5. The molecule has 0 radical (unpaired) electrons. The first kappa shape index (κ1) is 17.4. The summed E-state index contributed by atoms with van der Waals surface area (Å²) in [7, 11) is 1.87. The van der Waals surface area contributed by atoms with Gasteiger partial charge in [-0.3, -0.25) is 10.1 Å². The van der Waals surface area contributed by atoms with Crippen LogP contribution in [-0.4, -0.2) is 51.3 Å². The quantitative estimate of drug-likeness (QED) is 0.591. The molecule has 0 aromatic carbocycles. The molecule has 0 aliphatic carbocycles. The Bertz CT molecular complexity index is 863. The molecule has 27 heavy (non-hydrogen) atoms. The number of hydrogen-bond acceptors (Lipinski definition) is 7. The minimum absolute atomic E-state index is 0.429. The van der Waals surface area contributed by atoms with Crippen molar-refractivity contribution in [3.63, 3.8) is 0 Å². The van der Waals surface area contributed by atoms with Crippen LogP contribution in [0.1, 0.15) is 18.4 Å². The normalized spacial score (nSPS) is 16.6. The molecule has 3 aromatic rings. The Morgan fingerprint density at radius 1 is 1.30 bits per heavy atom. The molecule has 8 nitrogen and oxygen atoms in total. The second kappa shape index (κ2) is 8.13. The molecule has 0 bridgehead atoms. The van der Waals surface area contributed by atoms with E-state index in [4.69, 9.17) is 0 Å².